The molecule has 0 saturated heterocycles. The fourth-order valence-electron chi connectivity index (χ4n) is 6.59. The Hall–Kier alpha value is -6.29. The van der Waals surface area contributed by atoms with E-state index in [9.17, 15) is 54.4 Å². The van der Waals surface area contributed by atoms with Gasteiger partial charge in [0.2, 0.25) is 11.8 Å². The van der Waals surface area contributed by atoms with Crippen molar-refractivity contribution in [2.75, 3.05) is 27.5 Å². The molecule has 6 aromatic rings. The topological polar surface area (TPSA) is 244 Å². The van der Waals surface area contributed by atoms with Crippen LogP contribution in [-0.4, -0.2) is 59.6 Å². The number of rotatable bonds is 11. The highest BCUT2D eigenvalue weighted by molar-refractivity contribution is 7.94. The number of imide groups is 2. The van der Waals surface area contributed by atoms with Gasteiger partial charge in [0.05, 0.1) is 52.0 Å². The Morgan fingerprint density at radius 1 is 0.638 bits per heavy atom. The lowest BCUT2D eigenvalue weighted by atomic mass is 9.96. The van der Waals surface area contributed by atoms with Crippen LogP contribution < -0.4 is 29.9 Å². The minimum Gasteiger partial charge on any atom is -0.307 e. The number of hydrogen-bond donors (Lipinski definition) is 4. The average Bonchev–Trinajstić information content (AvgIpc) is 3.94. The third-order valence-electron chi connectivity index (χ3n) is 9.57. The molecule has 0 spiro atoms. The first-order chi connectivity index (χ1) is 32.6. The molecule has 0 atom stereocenters. The maximum absolute atomic E-state index is 15.0. The van der Waals surface area contributed by atoms with Crippen molar-refractivity contribution in [3.05, 3.63) is 145 Å². The summed E-state index contributed by atoms with van der Waals surface area (Å²) in [5, 5.41) is 4.40. The third kappa shape index (κ3) is 11.6. The number of sulfonamides is 2. The Labute approximate surface area is 412 Å². The molecule has 0 saturated carbocycles. The second kappa shape index (κ2) is 20.7. The summed E-state index contributed by atoms with van der Waals surface area (Å²) in [6, 6.07) is 19.3. The molecule has 8 amide bonds. The van der Waals surface area contributed by atoms with E-state index in [-0.39, 0.29) is 58.2 Å². The zero-order chi connectivity index (χ0) is 49.9. The number of hydrogen-bond acceptors (Lipinski definition) is 15. The van der Waals surface area contributed by atoms with Gasteiger partial charge >= 0.3 is 12.1 Å². The summed E-state index contributed by atoms with van der Waals surface area (Å²) in [6.45, 7) is 1.80. The van der Waals surface area contributed by atoms with Crippen molar-refractivity contribution in [3.63, 3.8) is 0 Å². The number of aryl methyl sites for hydroxylation is 1. The molecule has 27 heteroatoms. The molecule has 69 heavy (non-hydrogen) atoms. The molecule has 358 valence electrons. The van der Waals surface area contributed by atoms with Crippen molar-refractivity contribution in [1.29, 1.82) is 0 Å². The van der Waals surface area contributed by atoms with Crippen LogP contribution in [0.15, 0.2) is 110 Å². The van der Waals surface area contributed by atoms with E-state index < -0.39 is 67.4 Å². The molecule has 18 nitrogen and oxygen atoms in total. The van der Waals surface area contributed by atoms with Crippen LogP contribution in [0.4, 0.5) is 41.1 Å². The van der Waals surface area contributed by atoms with Gasteiger partial charge in [0.15, 0.2) is 0 Å². The first-order valence-corrected chi connectivity index (χ1v) is 25.4. The van der Waals surface area contributed by atoms with Gasteiger partial charge in [-0.05, 0) is 96.9 Å². The second-order valence-corrected chi connectivity index (χ2v) is 22.3. The zero-order valence-corrected chi connectivity index (χ0v) is 40.6. The second-order valence-electron chi connectivity index (χ2n) is 14.3. The summed E-state index contributed by atoms with van der Waals surface area (Å²) in [6.07, 6.45) is -0.197. The number of anilines is 4. The summed E-state index contributed by atoms with van der Waals surface area (Å²) in [4.78, 5) is 81.9. The number of halogens is 4. The lowest BCUT2D eigenvalue weighted by molar-refractivity contribution is -0.160. The average molecular weight is 1080 g/mol. The molecule has 8 rings (SSSR count). The highest BCUT2D eigenvalue weighted by Gasteiger charge is 2.36. The van der Waals surface area contributed by atoms with Crippen molar-refractivity contribution in [2.45, 2.75) is 33.1 Å². The van der Waals surface area contributed by atoms with Gasteiger partial charge in [0, 0.05) is 27.4 Å². The fraction of sp³-hybridized carbons (Fsp3) is 0.0952. The summed E-state index contributed by atoms with van der Waals surface area (Å²) in [5.74, 6) is -4.55. The number of nitrogens with zero attached hydrogens (tertiary/aromatic N) is 2. The fourth-order valence-corrected chi connectivity index (χ4v) is 11.8. The van der Waals surface area contributed by atoms with Crippen molar-refractivity contribution in [2.24, 2.45) is 0 Å². The van der Waals surface area contributed by atoms with Crippen molar-refractivity contribution in [1.82, 2.24) is 9.44 Å². The summed E-state index contributed by atoms with van der Waals surface area (Å²) >= 11 is 13.8. The van der Waals surface area contributed by atoms with Gasteiger partial charge < -0.3 is 10.6 Å². The molecule has 2 aliphatic heterocycles. The highest BCUT2D eigenvalue weighted by Crippen LogP contribution is 2.34. The minimum atomic E-state index is -4.18. The van der Waals surface area contributed by atoms with E-state index in [1.807, 2.05) is 0 Å². The van der Waals surface area contributed by atoms with E-state index in [0.717, 1.165) is 69.4 Å². The normalized spacial score (nSPS) is 13.5. The number of thiophene rings is 2. The van der Waals surface area contributed by atoms with Crippen molar-refractivity contribution >= 4 is 136 Å². The van der Waals surface area contributed by atoms with Gasteiger partial charge in [0.1, 0.15) is 20.1 Å². The Morgan fingerprint density at radius 2 is 1.09 bits per heavy atom. The molecule has 4 N–H and O–H groups in total. The SMILES string of the molecule is COOSc1ccc2c(c1)C(=O)N(c1ccc(NC(=O)NS(=O)(=O)c3ccc(Cl)s3)cc1F)C(=O)C2.Cc1ccc2c(c1)C(=O)N(c1ccc(NC(=O)NS(=O)(=O)c3ccc(Cl)s3)cc1F)C(=O)C2. The van der Waals surface area contributed by atoms with E-state index in [0.29, 0.717) is 26.5 Å². The number of nitrogens with one attached hydrogen (secondary N) is 4. The van der Waals surface area contributed by atoms with Crippen molar-refractivity contribution < 1.29 is 63.6 Å². The molecule has 0 bridgehead atoms. The molecule has 0 fully saturated rings. The van der Waals surface area contributed by atoms with Gasteiger partial charge in [-0.25, -0.2) is 59.3 Å². The molecule has 2 aliphatic rings. The van der Waals surface area contributed by atoms with Crippen molar-refractivity contribution in [3.8, 4) is 0 Å². The Kier molecular flexibility index (Phi) is 15.2. The molecule has 0 aliphatic carbocycles. The van der Waals surface area contributed by atoms with Crippen LogP contribution in [0.5, 0.6) is 0 Å². The first kappa shape index (κ1) is 50.6. The maximum Gasteiger partial charge on any atom is 0.333 e. The smallest absolute Gasteiger partial charge is 0.307 e. The number of benzene rings is 4. The van der Waals surface area contributed by atoms with Gasteiger partial charge in [-0.2, -0.15) is 4.33 Å². The van der Waals surface area contributed by atoms with Crippen LogP contribution in [-0.2, 0) is 51.7 Å². The highest BCUT2D eigenvalue weighted by atomic mass is 35.5. The summed E-state index contributed by atoms with van der Waals surface area (Å²) in [5.41, 5.74) is 1.58. The lowest BCUT2D eigenvalue weighted by Crippen LogP contribution is -2.43. The van der Waals surface area contributed by atoms with E-state index in [1.165, 1.54) is 49.6 Å². The first-order valence-electron chi connectivity index (χ1n) is 19.3. The molecule has 0 radical (unpaired) electrons. The van der Waals surface area contributed by atoms with Crippen LogP contribution in [0, 0.1) is 18.6 Å². The monoisotopic (exact) mass is 1080 g/mol. The van der Waals surface area contributed by atoms with Gasteiger partial charge in [0.25, 0.3) is 31.9 Å². The number of carbonyl (C=O) groups excluding carboxylic acids is 6. The quantitative estimate of drug-likeness (QED) is 0.0412. The molecular weight excluding hydrogens is 1050 g/mol. The number of fused-ring (bicyclic) bond motifs is 2. The Balaban J connectivity index is 0.000000205. The van der Waals surface area contributed by atoms with Gasteiger partial charge in [-0.1, -0.05) is 47.0 Å². The van der Waals surface area contributed by atoms with Gasteiger partial charge in [-0.15, -0.1) is 22.7 Å². The van der Waals surface area contributed by atoms with E-state index in [2.05, 4.69) is 15.5 Å². The lowest BCUT2D eigenvalue weighted by Gasteiger charge is -2.27. The standard InChI is InChI=1S/C21H15ClFN3O7S3.C21H15ClFN3O5S2/c1-32-33-35-13-4-2-11-8-18(27)26(20(28)14(11)10-13)16-5-3-12(9-15(16)23)24-21(29)25-36(30,31)19-7-6-17(22)34-19;1-11-2-3-12-9-18(27)26(20(28)14(12)8-11)16-5-4-13(10-15(16)23)24-21(29)25-33(30,31)19-7-6-17(22)32-19/h2-7,9-10H,8H2,1H3,(H2,24,25,29);2-8,10H,9H2,1H3,(H2,24,25,29). The van der Waals surface area contributed by atoms with Crippen LogP contribution in [0.2, 0.25) is 8.67 Å². The Bertz CT molecular complexity index is 3340. The van der Waals surface area contributed by atoms with Crippen LogP contribution in [0.1, 0.15) is 37.4 Å². The zero-order valence-electron chi connectivity index (χ0n) is 35.0. The predicted octanol–water partition coefficient (Wildman–Crippen LogP) is 8.45. The number of carbonyl (C=O) groups is 6. The summed E-state index contributed by atoms with van der Waals surface area (Å²) < 4.78 is 87.1. The van der Waals surface area contributed by atoms with Crippen LogP contribution in [0.3, 0.4) is 0 Å². The third-order valence-corrected chi connectivity index (χ3v) is 16.3. The van der Waals surface area contributed by atoms with E-state index in [1.54, 1.807) is 46.7 Å². The summed E-state index contributed by atoms with van der Waals surface area (Å²) in [7, 11) is -7.02. The molecule has 0 unspecified atom stereocenters. The number of amides is 8. The number of urea groups is 2. The predicted molar refractivity (Wildman–Crippen MR) is 253 cm³/mol. The largest absolute Gasteiger partial charge is 0.333 e. The van der Waals surface area contributed by atoms with Gasteiger partial charge in [-0.3, -0.25) is 19.2 Å². The Morgan fingerprint density at radius 3 is 1.51 bits per heavy atom. The van der Waals surface area contributed by atoms with Crippen LogP contribution in [0.25, 0.3) is 0 Å². The molecule has 2 aromatic heterocycles. The van der Waals surface area contributed by atoms with E-state index >= 15 is 0 Å². The maximum atomic E-state index is 15.0. The molecular formula is C42H30Cl2F2N6O12S5. The van der Waals surface area contributed by atoms with Crippen LogP contribution >= 0.6 is 57.9 Å². The minimum absolute atomic E-state index is 0.0617. The van der Waals surface area contributed by atoms with E-state index in [4.69, 9.17) is 27.5 Å². The molecule has 4 aromatic carbocycles. The molecule has 4 heterocycles.